The molecule has 1 N–H and O–H groups in total. The second-order valence-corrected chi connectivity index (χ2v) is 3.10. The molecule has 0 saturated heterocycles. The van der Waals surface area contributed by atoms with Crippen molar-refractivity contribution in [2.24, 2.45) is 0 Å². The van der Waals surface area contributed by atoms with Crippen LogP contribution < -0.4 is 5.32 Å². The largest absolute Gasteiger partial charge is 0.301 e. The molecule has 76 valence electrons. The quantitative estimate of drug-likeness (QED) is 0.559. The Morgan fingerprint density at radius 3 is 2.93 bits per heavy atom. The summed E-state index contributed by atoms with van der Waals surface area (Å²) in [7, 11) is 0. The van der Waals surface area contributed by atoms with Gasteiger partial charge in [-0.2, -0.15) is 5.10 Å². The summed E-state index contributed by atoms with van der Waals surface area (Å²) in [6, 6.07) is 2.13. The SMILES string of the molecule is C#CCNCc1cc(CC)nn1CC. The summed E-state index contributed by atoms with van der Waals surface area (Å²) in [6.45, 7) is 6.52. The van der Waals surface area contributed by atoms with E-state index in [1.54, 1.807) is 0 Å². The molecular weight excluding hydrogens is 174 g/mol. The fourth-order valence-electron chi connectivity index (χ4n) is 1.37. The van der Waals surface area contributed by atoms with Gasteiger partial charge in [-0.1, -0.05) is 12.8 Å². The van der Waals surface area contributed by atoms with E-state index >= 15 is 0 Å². The van der Waals surface area contributed by atoms with Crippen LogP contribution in [0.15, 0.2) is 6.07 Å². The average molecular weight is 191 g/mol. The monoisotopic (exact) mass is 191 g/mol. The van der Waals surface area contributed by atoms with Crippen LogP contribution in [0.3, 0.4) is 0 Å². The first-order valence-corrected chi connectivity index (χ1v) is 5.01. The number of aromatic nitrogens is 2. The highest BCUT2D eigenvalue weighted by Crippen LogP contribution is 2.04. The molecule has 0 fully saturated rings. The molecule has 0 aliphatic heterocycles. The van der Waals surface area contributed by atoms with Crippen molar-refractivity contribution in [3.05, 3.63) is 17.5 Å². The minimum atomic E-state index is 0.607. The van der Waals surface area contributed by atoms with Crippen LogP contribution in [0.4, 0.5) is 0 Å². The van der Waals surface area contributed by atoms with E-state index in [1.807, 2.05) is 4.68 Å². The lowest BCUT2D eigenvalue weighted by Gasteiger charge is -2.03. The minimum Gasteiger partial charge on any atom is -0.301 e. The van der Waals surface area contributed by atoms with Crippen molar-refractivity contribution in [3.8, 4) is 12.3 Å². The summed E-state index contributed by atoms with van der Waals surface area (Å²) in [4.78, 5) is 0. The lowest BCUT2D eigenvalue weighted by Crippen LogP contribution is -2.16. The molecule has 0 radical (unpaired) electrons. The molecule has 1 heterocycles. The first-order valence-electron chi connectivity index (χ1n) is 5.01. The highest BCUT2D eigenvalue weighted by atomic mass is 15.3. The smallest absolute Gasteiger partial charge is 0.0625 e. The summed E-state index contributed by atoms with van der Waals surface area (Å²) < 4.78 is 2.02. The Balaban J connectivity index is 2.64. The van der Waals surface area contributed by atoms with Crippen LogP contribution in [0.1, 0.15) is 25.2 Å². The Morgan fingerprint density at radius 2 is 2.36 bits per heavy atom. The van der Waals surface area contributed by atoms with Gasteiger partial charge in [-0.25, -0.2) is 0 Å². The maximum Gasteiger partial charge on any atom is 0.0625 e. The summed E-state index contributed by atoms with van der Waals surface area (Å²) in [5.41, 5.74) is 2.35. The molecule has 3 nitrogen and oxygen atoms in total. The molecule has 0 spiro atoms. The van der Waals surface area contributed by atoms with E-state index < -0.39 is 0 Å². The fourth-order valence-corrected chi connectivity index (χ4v) is 1.37. The molecule has 1 aromatic heterocycles. The molecule has 1 rings (SSSR count). The molecule has 0 bridgehead atoms. The highest BCUT2D eigenvalue weighted by Gasteiger charge is 2.03. The first-order chi connectivity index (χ1) is 6.81. The van der Waals surface area contributed by atoms with E-state index in [2.05, 4.69) is 36.2 Å². The zero-order valence-corrected chi connectivity index (χ0v) is 8.88. The number of rotatable bonds is 5. The first kappa shape index (κ1) is 10.8. The van der Waals surface area contributed by atoms with Gasteiger partial charge >= 0.3 is 0 Å². The van der Waals surface area contributed by atoms with Crippen molar-refractivity contribution in [2.75, 3.05) is 6.54 Å². The number of terminal acetylenes is 1. The predicted octanol–water partition coefficient (Wildman–Crippen LogP) is 1.19. The van der Waals surface area contributed by atoms with Crippen molar-refractivity contribution in [2.45, 2.75) is 33.4 Å². The van der Waals surface area contributed by atoms with Crippen molar-refractivity contribution in [1.82, 2.24) is 15.1 Å². The standard InChI is InChI=1S/C11H17N3/c1-4-7-12-9-11-8-10(5-2)13-14(11)6-3/h1,8,12H,5-7,9H2,2-3H3. The summed E-state index contributed by atoms with van der Waals surface area (Å²) >= 11 is 0. The van der Waals surface area contributed by atoms with Crippen LogP contribution >= 0.6 is 0 Å². The molecule has 0 amide bonds. The van der Waals surface area contributed by atoms with E-state index in [9.17, 15) is 0 Å². The van der Waals surface area contributed by atoms with Crippen molar-refractivity contribution < 1.29 is 0 Å². The topological polar surface area (TPSA) is 29.9 Å². The molecule has 0 atom stereocenters. The van der Waals surface area contributed by atoms with Gasteiger partial charge in [0, 0.05) is 13.1 Å². The van der Waals surface area contributed by atoms with Gasteiger partial charge < -0.3 is 5.32 Å². The molecule has 0 aliphatic carbocycles. The molecule has 3 heteroatoms. The molecule has 0 saturated carbocycles. The fraction of sp³-hybridized carbons (Fsp3) is 0.545. The second kappa shape index (κ2) is 5.46. The molecule has 0 unspecified atom stereocenters. The van der Waals surface area contributed by atoms with Gasteiger partial charge in [0.05, 0.1) is 17.9 Å². The van der Waals surface area contributed by atoms with Gasteiger partial charge in [-0.05, 0) is 19.4 Å². The zero-order chi connectivity index (χ0) is 10.4. The van der Waals surface area contributed by atoms with Gasteiger partial charge in [0.1, 0.15) is 0 Å². The lowest BCUT2D eigenvalue weighted by atomic mass is 10.3. The normalized spacial score (nSPS) is 10.1. The Labute approximate surface area is 85.5 Å². The average Bonchev–Trinajstić information content (AvgIpc) is 2.61. The summed E-state index contributed by atoms with van der Waals surface area (Å²) in [6.07, 6.45) is 6.14. The number of nitrogens with one attached hydrogen (secondary N) is 1. The summed E-state index contributed by atoms with van der Waals surface area (Å²) in [5.74, 6) is 2.56. The maximum absolute atomic E-state index is 5.16. The number of aryl methyl sites for hydroxylation is 2. The Morgan fingerprint density at radius 1 is 1.57 bits per heavy atom. The number of hydrogen-bond acceptors (Lipinski definition) is 2. The lowest BCUT2D eigenvalue weighted by molar-refractivity contribution is 0.591. The number of nitrogens with zero attached hydrogens (tertiary/aromatic N) is 2. The van der Waals surface area contributed by atoms with Crippen LogP contribution in [0, 0.1) is 12.3 Å². The molecule has 0 aromatic carbocycles. The van der Waals surface area contributed by atoms with Crippen LogP contribution in [-0.4, -0.2) is 16.3 Å². The minimum absolute atomic E-state index is 0.607. The Hall–Kier alpha value is -1.27. The Bertz CT molecular complexity index is 320. The van der Waals surface area contributed by atoms with E-state index in [4.69, 9.17) is 6.42 Å². The van der Waals surface area contributed by atoms with Gasteiger partial charge in [0.25, 0.3) is 0 Å². The molecule has 14 heavy (non-hydrogen) atoms. The van der Waals surface area contributed by atoms with Crippen LogP contribution in [-0.2, 0) is 19.5 Å². The third-order valence-electron chi connectivity index (χ3n) is 2.11. The maximum atomic E-state index is 5.16. The van der Waals surface area contributed by atoms with E-state index in [1.165, 1.54) is 5.69 Å². The third-order valence-corrected chi connectivity index (χ3v) is 2.11. The van der Waals surface area contributed by atoms with Gasteiger partial charge in [-0.15, -0.1) is 6.42 Å². The van der Waals surface area contributed by atoms with Crippen molar-refractivity contribution in [3.63, 3.8) is 0 Å². The van der Waals surface area contributed by atoms with E-state index in [-0.39, 0.29) is 0 Å². The van der Waals surface area contributed by atoms with Crippen molar-refractivity contribution >= 4 is 0 Å². The van der Waals surface area contributed by atoms with Gasteiger partial charge in [0.2, 0.25) is 0 Å². The third kappa shape index (κ3) is 2.61. The van der Waals surface area contributed by atoms with Gasteiger partial charge in [0.15, 0.2) is 0 Å². The zero-order valence-electron chi connectivity index (χ0n) is 8.88. The van der Waals surface area contributed by atoms with Crippen molar-refractivity contribution in [1.29, 1.82) is 0 Å². The number of hydrogen-bond donors (Lipinski definition) is 1. The molecular formula is C11H17N3. The van der Waals surface area contributed by atoms with E-state index in [0.29, 0.717) is 6.54 Å². The predicted molar refractivity (Wildman–Crippen MR) is 57.8 cm³/mol. The highest BCUT2D eigenvalue weighted by molar-refractivity contribution is 5.10. The van der Waals surface area contributed by atoms with Crippen LogP contribution in [0.5, 0.6) is 0 Å². The summed E-state index contributed by atoms with van der Waals surface area (Å²) in [5, 5.41) is 7.62. The van der Waals surface area contributed by atoms with Gasteiger partial charge in [-0.3, -0.25) is 4.68 Å². The van der Waals surface area contributed by atoms with E-state index in [0.717, 1.165) is 25.2 Å². The van der Waals surface area contributed by atoms with Crippen LogP contribution in [0.2, 0.25) is 0 Å². The molecule has 0 aliphatic rings. The second-order valence-electron chi connectivity index (χ2n) is 3.10. The molecule has 1 aromatic rings. The van der Waals surface area contributed by atoms with Crippen LogP contribution in [0.25, 0.3) is 0 Å². The Kier molecular flexibility index (Phi) is 4.21.